The standard InChI is InChI=1S/C19H20O8/c1-2-16(20)25-11-26-18(23)13-7-9-15(10-8-13)27-19(24)14-5-3-12(4-6-14)17(21)22/h2,7-10,12,14H,1,3-6,11H2,(H,21,22). The molecule has 1 saturated carbocycles. The number of aliphatic carboxylic acids is 1. The molecule has 1 aliphatic rings. The van der Waals surface area contributed by atoms with Crippen molar-refractivity contribution in [1.29, 1.82) is 0 Å². The number of benzene rings is 1. The van der Waals surface area contributed by atoms with E-state index >= 15 is 0 Å². The normalized spacial score (nSPS) is 18.8. The largest absolute Gasteiger partial charge is 0.481 e. The molecule has 1 aromatic rings. The summed E-state index contributed by atoms with van der Waals surface area (Å²) in [6.07, 6.45) is 2.81. The maximum absolute atomic E-state index is 12.2. The Balaban J connectivity index is 1.82. The van der Waals surface area contributed by atoms with Gasteiger partial charge in [-0.1, -0.05) is 6.58 Å². The molecule has 0 aliphatic heterocycles. The second-order valence-electron chi connectivity index (χ2n) is 6.05. The van der Waals surface area contributed by atoms with Crippen molar-refractivity contribution in [3.8, 4) is 5.75 Å². The smallest absolute Gasteiger partial charge is 0.341 e. The molecule has 1 aromatic carbocycles. The monoisotopic (exact) mass is 376 g/mol. The quantitative estimate of drug-likeness (QED) is 0.334. The first-order valence-corrected chi connectivity index (χ1v) is 8.41. The summed E-state index contributed by atoms with van der Waals surface area (Å²) in [5.41, 5.74) is 0.200. The number of carboxylic acid groups (broad SMARTS) is 1. The maximum atomic E-state index is 12.2. The molecule has 8 nitrogen and oxygen atoms in total. The lowest BCUT2D eigenvalue weighted by Crippen LogP contribution is -2.28. The molecule has 2 rings (SSSR count). The Kier molecular flexibility index (Phi) is 7.10. The number of rotatable bonds is 7. The molecule has 0 bridgehead atoms. The van der Waals surface area contributed by atoms with Crippen molar-refractivity contribution >= 4 is 23.9 Å². The summed E-state index contributed by atoms with van der Waals surface area (Å²) in [7, 11) is 0. The van der Waals surface area contributed by atoms with E-state index in [2.05, 4.69) is 11.3 Å². The number of carbonyl (C=O) groups excluding carboxylic acids is 3. The fourth-order valence-corrected chi connectivity index (χ4v) is 2.72. The molecule has 0 spiro atoms. The van der Waals surface area contributed by atoms with Gasteiger partial charge in [-0.15, -0.1) is 0 Å². The Morgan fingerprint density at radius 1 is 1.00 bits per heavy atom. The molecule has 1 aliphatic carbocycles. The summed E-state index contributed by atoms with van der Waals surface area (Å²) in [6, 6.07) is 5.74. The Bertz CT molecular complexity index is 714. The average molecular weight is 376 g/mol. The first-order chi connectivity index (χ1) is 12.9. The van der Waals surface area contributed by atoms with Crippen LogP contribution in [-0.2, 0) is 23.9 Å². The molecule has 0 unspecified atom stereocenters. The Morgan fingerprint density at radius 3 is 2.15 bits per heavy atom. The van der Waals surface area contributed by atoms with Gasteiger partial charge >= 0.3 is 23.9 Å². The van der Waals surface area contributed by atoms with Crippen LogP contribution in [0.1, 0.15) is 36.0 Å². The van der Waals surface area contributed by atoms with Gasteiger partial charge in [-0.2, -0.15) is 0 Å². The van der Waals surface area contributed by atoms with Gasteiger partial charge in [0.2, 0.25) is 6.79 Å². The van der Waals surface area contributed by atoms with E-state index in [0.717, 1.165) is 6.08 Å². The first-order valence-electron chi connectivity index (χ1n) is 8.41. The second-order valence-corrected chi connectivity index (χ2v) is 6.05. The van der Waals surface area contributed by atoms with E-state index in [9.17, 15) is 19.2 Å². The third-order valence-electron chi connectivity index (χ3n) is 4.28. The highest BCUT2D eigenvalue weighted by molar-refractivity contribution is 5.89. The van der Waals surface area contributed by atoms with E-state index in [1.54, 1.807) is 0 Å². The van der Waals surface area contributed by atoms with Crippen LogP contribution in [0.25, 0.3) is 0 Å². The van der Waals surface area contributed by atoms with Crippen molar-refractivity contribution < 1.29 is 38.5 Å². The van der Waals surface area contributed by atoms with Gasteiger partial charge in [0.15, 0.2) is 0 Å². The third-order valence-corrected chi connectivity index (χ3v) is 4.28. The number of hydrogen-bond donors (Lipinski definition) is 1. The molecule has 1 N–H and O–H groups in total. The van der Waals surface area contributed by atoms with Gasteiger partial charge in [0.05, 0.1) is 17.4 Å². The van der Waals surface area contributed by atoms with Gasteiger partial charge in [0.25, 0.3) is 0 Å². The third kappa shape index (κ3) is 5.95. The van der Waals surface area contributed by atoms with E-state index < -0.39 is 36.6 Å². The molecular weight excluding hydrogens is 356 g/mol. The summed E-state index contributed by atoms with van der Waals surface area (Å²) in [5, 5.41) is 8.98. The first kappa shape index (κ1) is 20.2. The highest BCUT2D eigenvalue weighted by Gasteiger charge is 2.30. The van der Waals surface area contributed by atoms with Crippen LogP contribution in [0, 0.1) is 11.8 Å². The molecule has 27 heavy (non-hydrogen) atoms. The fourth-order valence-electron chi connectivity index (χ4n) is 2.72. The number of ether oxygens (including phenoxy) is 3. The van der Waals surface area contributed by atoms with Crippen molar-refractivity contribution in [2.75, 3.05) is 6.79 Å². The van der Waals surface area contributed by atoms with Crippen LogP contribution in [-0.4, -0.2) is 35.8 Å². The van der Waals surface area contributed by atoms with E-state index in [0.29, 0.717) is 25.7 Å². The predicted octanol–water partition coefficient (Wildman–Crippen LogP) is 2.33. The lowest BCUT2D eigenvalue weighted by Gasteiger charge is -2.24. The summed E-state index contributed by atoms with van der Waals surface area (Å²) >= 11 is 0. The second kappa shape index (κ2) is 9.51. The van der Waals surface area contributed by atoms with Crippen LogP contribution in [0.2, 0.25) is 0 Å². The molecule has 0 amide bonds. The van der Waals surface area contributed by atoms with E-state index in [-0.39, 0.29) is 17.2 Å². The van der Waals surface area contributed by atoms with Crippen LogP contribution < -0.4 is 4.74 Å². The summed E-state index contributed by atoms with van der Waals surface area (Å²) < 4.78 is 14.6. The van der Waals surface area contributed by atoms with E-state index in [4.69, 9.17) is 14.6 Å². The SMILES string of the molecule is C=CC(=O)OCOC(=O)c1ccc(OC(=O)C2CCC(C(=O)O)CC2)cc1. The molecule has 0 aromatic heterocycles. The minimum Gasteiger partial charge on any atom is -0.481 e. The minimum atomic E-state index is -0.830. The average Bonchev–Trinajstić information content (AvgIpc) is 2.68. The van der Waals surface area contributed by atoms with Gasteiger partial charge in [0, 0.05) is 6.08 Å². The van der Waals surface area contributed by atoms with Crippen molar-refractivity contribution in [2.24, 2.45) is 11.8 Å². The van der Waals surface area contributed by atoms with E-state index in [1.807, 2.05) is 0 Å². The zero-order valence-electron chi connectivity index (χ0n) is 14.6. The number of carbonyl (C=O) groups is 4. The van der Waals surface area contributed by atoms with Crippen molar-refractivity contribution in [3.63, 3.8) is 0 Å². The summed E-state index contributed by atoms with van der Waals surface area (Å²) in [4.78, 5) is 45.8. The van der Waals surface area contributed by atoms with Gasteiger partial charge in [-0.25, -0.2) is 9.59 Å². The highest BCUT2D eigenvalue weighted by Crippen LogP contribution is 2.30. The van der Waals surface area contributed by atoms with E-state index in [1.165, 1.54) is 24.3 Å². The zero-order valence-corrected chi connectivity index (χ0v) is 14.6. The highest BCUT2D eigenvalue weighted by atomic mass is 16.7. The Morgan fingerprint density at radius 2 is 1.59 bits per heavy atom. The molecule has 0 heterocycles. The van der Waals surface area contributed by atoms with Crippen LogP contribution in [0.5, 0.6) is 5.75 Å². The van der Waals surface area contributed by atoms with Gasteiger partial charge in [-0.3, -0.25) is 9.59 Å². The molecule has 0 saturated heterocycles. The van der Waals surface area contributed by atoms with Crippen LogP contribution in [0.15, 0.2) is 36.9 Å². The predicted molar refractivity (Wildman–Crippen MR) is 91.7 cm³/mol. The van der Waals surface area contributed by atoms with Crippen LogP contribution in [0.3, 0.4) is 0 Å². The van der Waals surface area contributed by atoms with Crippen molar-refractivity contribution in [3.05, 3.63) is 42.5 Å². The molecule has 0 atom stereocenters. The van der Waals surface area contributed by atoms with Gasteiger partial charge in [-0.05, 0) is 49.9 Å². The molecular formula is C19H20O8. The number of carboxylic acids is 1. The molecule has 144 valence electrons. The Labute approximate surface area is 155 Å². The van der Waals surface area contributed by atoms with Crippen LogP contribution >= 0.6 is 0 Å². The van der Waals surface area contributed by atoms with Crippen molar-refractivity contribution in [1.82, 2.24) is 0 Å². The Hall–Kier alpha value is -3.16. The van der Waals surface area contributed by atoms with Crippen molar-refractivity contribution in [2.45, 2.75) is 25.7 Å². The van der Waals surface area contributed by atoms with Gasteiger partial charge < -0.3 is 19.3 Å². The summed E-state index contributed by atoms with van der Waals surface area (Å²) in [5.74, 6) is -3.10. The number of hydrogen-bond acceptors (Lipinski definition) is 7. The van der Waals surface area contributed by atoms with Gasteiger partial charge in [0.1, 0.15) is 5.75 Å². The lowest BCUT2D eigenvalue weighted by molar-refractivity contribution is -0.147. The lowest BCUT2D eigenvalue weighted by atomic mass is 9.82. The van der Waals surface area contributed by atoms with Crippen LogP contribution in [0.4, 0.5) is 0 Å². The maximum Gasteiger partial charge on any atom is 0.341 e. The summed E-state index contributed by atoms with van der Waals surface area (Å²) in [6.45, 7) is 2.68. The molecule has 0 radical (unpaired) electrons. The number of esters is 3. The fraction of sp³-hybridized carbons (Fsp3) is 0.368. The zero-order chi connectivity index (χ0) is 19.8. The topological polar surface area (TPSA) is 116 Å². The molecule has 8 heteroatoms. The minimum absolute atomic E-state index is 0.200. The molecule has 1 fully saturated rings.